The smallest absolute Gasteiger partial charge is 0.322 e. The van der Waals surface area contributed by atoms with Crippen LogP contribution in [0.3, 0.4) is 0 Å². The zero-order valence-electron chi connectivity index (χ0n) is 14.5. The molecule has 152 valence electrons. The quantitative estimate of drug-likeness (QED) is 0.691. The number of carbonyl (C=O) groups excluding carboxylic acids is 2. The van der Waals surface area contributed by atoms with E-state index in [-0.39, 0.29) is 36.3 Å². The molecule has 1 heterocycles. The van der Waals surface area contributed by atoms with E-state index in [4.69, 9.17) is 0 Å². The van der Waals surface area contributed by atoms with Crippen LogP contribution in [0.5, 0.6) is 0 Å². The van der Waals surface area contributed by atoms with Gasteiger partial charge in [0.05, 0.1) is 11.4 Å². The fourth-order valence-electron chi connectivity index (χ4n) is 3.74. The highest BCUT2D eigenvalue weighted by Gasteiger charge is 2.55. The van der Waals surface area contributed by atoms with E-state index in [1.165, 1.54) is 6.07 Å². The summed E-state index contributed by atoms with van der Waals surface area (Å²) in [5.41, 5.74) is -4.07. The second-order valence-electron chi connectivity index (χ2n) is 6.95. The molecule has 0 radical (unpaired) electrons. The van der Waals surface area contributed by atoms with Crippen LogP contribution < -0.4 is 10.2 Å². The van der Waals surface area contributed by atoms with Crippen molar-refractivity contribution in [3.8, 4) is 0 Å². The number of halogens is 6. The summed E-state index contributed by atoms with van der Waals surface area (Å²) in [5, 5.41) is 2.51. The Hall–Kier alpha value is -3.04. The predicted octanol–water partition coefficient (Wildman–Crippen LogP) is 4.64. The Morgan fingerprint density at radius 1 is 1.03 bits per heavy atom. The average molecular weight is 414 g/mol. The number of hydrogen-bond donors (Lipinski definition) is 1. The number of nitrogens with one attached hydrogen (secondary N) is 1. The van der Waals surface area contributed by atoms with Gasteiger partial charge in [0, 0.05) is 5.56 Å². The van der Waals surface area contributed by atoms with Crippen molar-refractivity contribution in [1.29, 1.82) is 0 Å². The van der Waals surface area contributed by atoms with Gasteiger partial charge in [0.1, 0.15) is 28.6 Å². The number of fused-ring (bicyclic) bond motifs is 1. The van der Waals surface area contributed by atoms with E-state index in [0.717, 1.165) is 17.0 Å². The van der Waals surface area contributed by atoms with Gasteiger partial charge in [-0.1, -0.05) is 0 Å². The summed E-state index contributed by atoms with van der Waals surface area (Å²) in [5.74, 6) is -6.22. The van der Waals surface area contributed by atoms with E-state index in [9.17, 15) is 35.9 Å². The Kier molecular flexibility index (Phi) is 4.14. The molecule has 0 aromatic heterocycles. The van der Waals surface area contributed by atoms with E-state index in [1.807, 2.05) is 0 Å². The molecule has 2 aromatic carbocycles. The maximum atomic E-state index is 14.0. The maximum absolute atomic E-state index is 14.0. The molecule has 29 heavy (non-hydrogen) atoms. The molecule has 1 aliphatic heterocycles. The molecular formula is C19H12F6N2O2. The van der Waals surface area contributed by atoms with E-state index in [0.29, 0.717) is 6.42 Å². The fourth-order valence-corrected chi connectivity index (χ4v) is 3.74. The molecule has 2 aromatic rings. The highest BCUT2D eigenvalue weighted by Crippen LogP contribution is 2.48. The van der Waals surface area contributed by atoms with Crippen molar-refractivity contribution in [2.24, 2.45) is 0 Å². The van der Waals surface area contributed by atoms with Crippen LogP contribution in [0.2, 0.25) is 0 Å². The molecule has 0 saturated heterocycles. The molecule has 1 N–H and O–H groups in total. The van der Waals surface area contributed by atoms with Gasteiger partial charge in [0.2, 0.25) is 0 Å². The first-order valence-electron chi connectivity index (χ1n) is 8.56. The number of benzene rings is 2. The molecule has 10 heteroatoms. The van der Waals surface area contributed by atoms with E-state index in [2.05, 4.69) is 5.32 Å². The molecular weight excluding hydrogens is 402 g/mol. The number of alkyl halides is 3. The number of rotatable bonds is 1. The summed E-state index contributed by atoms with van der Waals surface area (Å²) in [6.07, 6.45) is -4.20. The highest BCUT2D eigenvalue weighted by atomic mass is 19.4. The third-order valence-electron chi connectivity index (χ3n) is 5.25. The van der Waals surface area contributed by atoms with Gasteiger partial charge in [-0.05, 0) is 49.6 Å². The summed E-state index contributed by atoms with van der Waals surface area (Å²) < 4.78 is 80.0. The predicted molar refractivity (Wildman–Crippen MR) is 89.8 cm³/mol. The van der Waals surface area contributed by atoms with Gasteiger partial charge in [0.15, 0.2) is 0 Å². The summed E-state index contributed by atoms with van der Waals surface area (Å²) in [6.45, 7) is 0. The summed E-state index contributed by atoms with van der Waals surface area (Å²) in [4.78, 5) is 26.7. The van der Waals surface area contributed by atoms with Crippen molar-refractivity contribution in [3.05, 3.63) is 58.9 Å². The molecule has 2 amide bonds. The van der Waals surface area contributed by atoms with Crippen LogP contribution in [0.25, 0.3) is 0 Å². The summed E-state index contributed by atoms with van der Waals surface area (Å²) in [7, 11) is 0. The van der Waals surface area contributed by atoms with Crippen LogP contribution in [0.1, 0.15) is 35.2 Å². The minimum atomic E-state index is -5.28. The first-order chi connectivity index (χ1) is 13.5. The molecule has 0 unspecified atom stereocenters. The number of amides is 2. The average Bonchev–Trinajstić information content (AvgIpc) is 2.56. The van der Waals surface area contributed by atoms with Gasteiger partial charge in [-0.3, -0.25) is 14.5 Å². The van der Waals surface area contributed by atoms with Gasteiger partial charge >= 0.3 is 6.18 Å². The Bertz CT molecular complexity index is 1020. The zero-order chi connectivity index (χ0) is 21.1. The maximum Gasteiger partial charge on any atom is 0.422 e. The first-order valence-corrected chi connectivity index (χ1v) is 8.56. The van der Waals surface area contributed by atoms with Gasteiger partial charge in [-0.25, -0.2) is 13.2 Å². The largest absolute Gasteiger partial charge is 0.422 e. The summed E-state index contributed by atoms with van der Waals surface area (Å²) in [6, 6.07) is 3.81. The lowest BCUT2D eigenvalue weighted by molar-refractivity contribution is -0.142. The lowest BCUT2D eigenvalue weighted by Crippen LogP contribution is -2.65. The Balaban J connectivity index is 1.85. The van der Waals surface area contributed by atoms with Crippen LogP contribution >= 0.6 is 0 Å². The molecule has 0 bridgehead atoms. The molecule has 1 fully saturated rings. The number of anilines is 2. The number of nitrogens with zero attached hydrogens (tertiary/aromatic N) is 1. The van der Waals surface area contributed by atoms with E-state index >= 15 is 0 Å². The molecule has 1 aliphatic carbocycles. The minimum absolute atomic E-state index is 0.0197. The van der Waals surface area contributed by atoms with E-state index < -0.39 is 52.1 Å². The van der Waals surface area contributed by atoms with Crippen molar-refractivity contribution in [2.75, 3.05) is 10.2 Å². The normalized spacial score (nSPS) is 17.6. The van der Waals surface area contributed by atoms with Crippen molar-refractivity contribution in [3.63, 3.8) is 0 Å². The number of carbonyl (C=O) groups is 2. The topological polar surface area (TPSA) is 49.4 Å². The molecule has 1 saturated carbocycles. The second-order valence-corrected chi connectivity index (χ2v) is 6.95. The van der Waals surface area contributed by atoms with Crippen molar-refractivity contribution in [1.82, 2.24) is 0 Å². The van der Waals surface area contributed by atoms with E-state index in [1.54, 1.807) is 0 Å². The van der Waals surface area contributed by atoms with Crippen molar-refractivity contribution >= 4 is 23.2 Å². The van der Waals surface area contributed by atoms with Crippen LogP contribution in [-0.2, 0) is 11.0 Å². The Labute approximate surface area is 160 Å². The molecule has 4 rings (SSSR count). The highest BCUT2D eigenvalue weighted by molar-refractivity contribution is 6.19. The lowest BCUT2D eigenvalue weighted by Gasteiger charge is -2.51. The van der Waals surface area contributed by atoms with Gasteiger partial charge in [0.25, 0.3) is 11.8 Å². The van der Waals surface area contributed by atoms with Gasteiger partial charge in [-0.2, -0.15) is 13.2 Å². The second kappa shape index (κ2) is 6.23. The minimum Gasteiger partial charge on any atom is -0.322 e. The van der Waals surface area contributed by atoms with Gasteiger partial charge < -0.3 is 5.32 Å². The van der Waals surface area contributed by atoms with Crippen molar-refractivity contribution in [2.45, 2.75) is 31.0 Å². The lowest BCUT2D eigenvalue weighted by atomic mass is 9.72. The summed E-state index contributed by atoms with van der Waals surface area (Å²) >= 11 is 0. The van der Waals surface area contributed by atoms with Crippen LogP contribution in [0, 0.1) is 17.5 Å². The monoisotopic (exact) mass is 414 g/mol. The SMILES string of the molecule is O=C(c1cc(F)c(C(F)(F)F)c(F)c1)N1c2ccc(F)cc2NC(=O)C12CCC2. The standard InChI is InChI=1S/C19H12F6N2O2/c20-10-2-3-14-13(8-10)26-17(29)18(4-1-5-18)27(14)16(28)9-6-11(21)15(12(22)7-9)19(23,24)25/h2-3,6-8H,1,4-5H2,(H,26,29). The zero-order valence-corrected chi connectivity index (χ0v) is 14.5. The third-order valence-corrected chi connectivity index (χ3v) is 5.25. The first kappa shape index (κ1) is 19.3. The molecule has 1 spiro atoms. The van der Waals surface area contributed by atoms with Crippen molar-refractivity contribution < 1.29 is 35.9 Å². The Morgan fingerprint density at radius 2 is 1.66 bits per heavy atom. The Morgan fingerprint density at radius 3 is 2.17 bits per heavy atom. The molecule has 2 aliphatic rings. The molecule has 0 atom stereocenters. The van der Waals surface area contributed by atoms with Crippen LogP contribution in [0.15, 0.2) is 30.3 Å². The fraction of sp³-hybridized carbons (Fsp3) is 0.263. The third kappa shape index (κ3) is 2.85. The number of hydrogen-bond acceptors (Lipinski definition) is 2. The molecule has 4 nitrogen and oxygen atoms in total. The van der Waals surface area contributed by atoms with Crippen LogP contribution in [0.4, 0.5) is 37.7 Å². The van der Waals surface area contributed by atoms with Crippen LogP contribution in [-0.4, -0.2) is 17.4 Å². The van der Waals surface area contributed by atoms with Gasteiger partial charge in [-0.15, -0.1) is 0 Å².